The monoisotopic (exact) mass is 235 g/mol. The molecule has 98 valence electrons. The van der Waals surface area contributed by atoms with E-state index in [1.165, 1.54) is 44.2 Å². The fourth-order valence-corrected chi connectivity index (χ4v) is 2.52. The SMILES string of the molecule is CCCCCCC1C=CC(N(CC)CC)=CC1. The van der Waals surface area contributed by atoms with E-state index in [4.69, 9.17) is 0 Å². The number of hydrogen-bond donors (Lipinski definition) is 0. The standard InChI is InChI=1S/C16H29N/c1-4-7-8-9-10-15-11-13-16(14-12-15)17(5-2)6-3/h11,13-15H,4-10,12H2,1-3H3. The molecule has 0 aromatic carbocycles. The summed E-state index contributed by atoms with van der Waals surface area (Å²) in [6.07, 6.45) is 15.4. The lowest BCUT2D eigenvalue weighted by atomic mass is 9.93. The van der Waals surface area contributed by atoms with Crippen LogP contribution in [-0.4, -0.2) is 18.0 Å². The van der Waals surface area contributed by atoms with E-state index >= 15 is 0 Å². The van der Waals surface area contributed by atoms with Gasteiger partial charge in [0.15, 0.2) is 0 Å². The number of likely N-dealkylation sites (N-methyl/N-ethyl adjacent to an activating group) is 1. The highest BCUT2D eigenvalue weighted by atomic mass is 15.1. The normalized spacial score (nSPS) is 19.2. The smallest absolute Gasteiger partial charge is 0.0322 e. The molecule has 0 aromatic rings. The van der Waals surface area contributed by atoms with Crippen LogP contribution in [0.15, 0.2) is 23.9 Å². The van der Waals surface area contributed by atoms with Gasteiger partial charge < -0.3 is 4.90 Å². The van der Waals surface area contributed by atoms with Gasteiger partial charge >= 0.3 is 0 Å². The van der Waals surface area contributed by atoms with Crippen LogP contribution in [-0.2, 0) is 0 Å². The molecule has 1 aliphatic rings. The third-order valence-electron chi connectivity index (χ3n) is 3.73. The summed E-state index contributed by atoms with van der Waals surface area (Å²) in [5.74, 6) is 0.797. The molecule has 1 heteroatoms. The van der Waals surface area contributed by atoms with Crippen LogP contribution < -0.4 is 0 Å². The second-order valence-electron chi connectivity index (χ2n) is 5.01. The molecular weight excluding hydrogens is 206 g/mol. The van der Waals surface area contributed by atoms with E-state index in [9.17, 15) is 0 Å². The second kappa shape index (κ2) is 8.38. The number of unbranched alkanes of at least 4 members (excludes halogenated alkanes) is 3. The maximum absolute atomic E-state index is 2.43. The topological polar surface area (TPSA) is 3.24 Å². The van der Waals surface area contributed by atoms with Gasteiger partial charge in [0, 0.05) is 18.8 Å². The van der Waals surface area contributed by atoms with Gasteiger partial charge in [-0.15, -0.1) is 0 Å². The largest absolute Gasteiger partial charge is 0.372 e. The average molecular weight is 235 g/mol. The minimum Gasteiger partial charge on any atom is -0.372 e. The van der Waals surface area contributed by atoms with Crippen molar-refractivity contribution in [3.63, 3.8) is 0 Å². The van der Waals surface area contributed by atoms with Crippen molar-refractivity contribution in [2.45, 2.75) is 59.3 Å². The summed E-state index contributed by atoms with van der Waals surface area (Å²) >= 11 is 0. The maximum atomic E-state index is 2.43. The van der Waals surface area contributed by atoms with Gasteiger partial charge in [-0.05, 0) is 38.7 Å². The van der Waals surface area contributed by atoms with Crippen molar-refractivity contribution in [1.29, 1.82) is 0 Å². The Morgan fingerprint density at radius 3 is 2.41 bits per heavy atom. The zero-order valence-electron chi connectivity index (χ0n) is 11.9. The number of nitrogens with zero attached hydrogens (tertiary/aromatic N) is 1. The first-order valence-corrected chi connectivity index (χ1v) is 7.45. The van der Waals surface area contributed by atoms with Crippen molar-refractivity contribution >= 4 is 0 Å². The highest BCUT2D eigenvalue weighted by Crippen LogP contribution is 2.23. The molecule has 0 spiro atoms. The van der Waals surface area contributed by atoms with Gasteiger partial charge in [0.1, 0.15) is 0 Å². The van der Waals surface area contributed by atoms with Crippen molar-refractivity contribution in [2.75, 3.05) is 13.1 Å². The highest BCUT2D eigenvalue weighted by molar-refractivity contribution is 5.22. The first kappa shape index (κ1) is 14.3. The third kappa shape index (κ3) is 4.97. The molecule has 0 saturated heterocycles. The molecular formula is C16H29N. The molecule has 1 unspecified atom stereocenters. The molecule has 0 aromatic heterocycles. The van der Waals surface area contributed by atoms with Crippen molar-refractivity contribution in [3.05, 3.63) is 23.9 Å². The van der Waals surface area contributed by atoms with Crippen LogP contribution in [0.2, 0.25) is 0 Å². The Hall–Kier alpha value is -0.720. The third-order valence-corrected chi connectivity index (χ3v) is 3.73. The Morgan fingerprint density at radius 2 is 1.88 bits per heavy atom. The van der Waals surface area contributed by atoms with E-state index in [1.807, 2.05) is 0 Å². The molecule has 1 nitrogen and oxygen atoms in total. The molecule has 0 saturated carbocycles. The summed E-state index contributed by atoms with van der Waals surface area (Å²) < 4.78 is 0. The molecule has 0 N–H and O–H groups in total. The Balaban J connectivity index is 2.27. The number of rotatable bonds is 8. The quantitative estimate of drug-likeness (QED) is 0.548. The lowest BCUT2D eigenvalue weighted by Gasteiger charge is -2.26. The molecule has 1 aliphatic carbocycles. The summed E-state index contributed by atoms with van der Waals surface area (Å²) in [7, 11) is 0. The Kier molecular flexibility index (Phi) is 7.07. The van der Waals surface area contributed by atoms with Crippen LogP contribution in [0.3, 0.4) is 0 Å². The van der Waals surface area contributed by atoms with E-state index in [1.54, 1.807) is 0 Å². The fraction of sp³-hybridized carbons (Fsp3) is 0.750. The summed E-state index contributed by atoms with van der Waals surface area (Å²) in [5.41, 5.74) is 1.43. The van der Waals surface area contributed by atoms with Crippen LogP contribution in [0.25, 0.3) is 0 Å². The summed E-state index contributed by atoms with van der Waals surface area (Å²) in [4.78, 5) is 2.43. The molecule has 0 aliphatic heterocycles. The van der Waals surface area contributed by atoms with Crippen LogP contribution >= 0.6 is 0 Å². The minimum absolute atomic E-state index is 0.797. The van der Waals surface area contributed by atoms with Crippen molar-refractivity contribution in [3.8, 4) is 0 Å². The van der Waals surface area contributed by atoms with Gasteiger partial charge in [-0.2, -0.15) is 0 Å². The first-order chi connectivity index (χ1) is 8.31. The summed E-state index contributed by atoms with van der Waals surface area (Å²) in [5, 5.41) is 0. The Bertz CT molecular complexity index is 248. The zero-order valence-corrected chi connectivity index (χ0v) is 11.9. The first-order valence-electron chi connectivity index (χ1n) is 7.45. The van der Waals surface area contributed by atoms with Gasteiger partial charge in [-0.25, -0.2) is 0 Å². The zero-order chi connectivity index (χ0) is 12.5. The van der Waals surface area contributed by atoms with Crippen molar-refractivity contribution in [1.82, 2.24) is 4.90 Å². The van der Waals surface area contributed by atoms with Gasteiger partial charge in [0.05, 0.1) is 0 Å². The van der Waals surface area contributed by atoms with E-state index in [2.05, 4.69) is 43.9 Å². The van der Waals surface area contributed by atoms with Gasteiger partial charge in [-0.3, -0.25) is 0 Å². The van der Waals surface area contributed by atoms with Crippen LogP contribution in [0, 0.1) is 5.92 Å². The fourth-order valence-electron chi connectivity index (χ4n) is 2.52. The molecule has 1 rings (SSSR count). The molecule has 0 amide bonds. The number of allylic oxidation sites excluding steroid dienone is 3. The maximum Gasteiger partial charge on any atom is 0.0322 e. The molecule has 0 radical (unpaired) electrons. The predicted octanol–water partition coefficient (Wildman–Crippen LogP) is 4.76. The van der Waals surface area contributed by atoms with Gasteiger partial charge in [-0.1, -0.05) is 44.8 Å². The van der Waals surface area contributed by atoms with Crippen molar-refractivity contribution < 1.29 is 0 Å². The summed E-state index contributed by atoms with van der Waals surface area (Å²) in [6, 6.07) is 0. The van der Waals surface area contributed by atoms with Crippen LogP contribution in [0.1, 0.15) is 59.3 Å². The minimum atomic E-state index is 0.797. The second-order valence-corrected chi connectivity index (χ2v) is 5.01. The molecule has 0 bridgehead atoms. The van der Waals surface area contributed by atoms with Gasteiger partial charge in [0.2, 0.25) is 0 Å². The van der Waals surface area contributed by atoms with Gasteiger partial charge in [0.25, 0.3) is 0 Å². The Morgan fingerprint density at radius 1 is 1.12 bits per heavy atom. The lowest BCUT2D eigenvalue weighted by molar-refractivity contribution is 0.387. The van der Waals surface area contributed by atoms with E-state index in [-0.39, 0.29) is 0 Å². The van der Waals surface area contributed by atoms with Crippen LogP contribution in [0.4, 0.5) is 0 Å². The van der Waals surface area contributed by atoms with E-state index in [0.717, 1.165) is 19.0 Å². The number of hydrogen-bond acceptors (Lipinski definition) is 1. The Labute approximate surface area is 108 Å². The van der Waals surface area contributed by atoms with Crippen molar-refractivity contribution in [2.24, 2.45) is 5.92 Å². The summed E-state index contributed by atoms with van der Waals surface area (Å²) in [6.45, 7) is 8.98. The van der Waals surface area contributed by atoms with Crippen LogP contribution in [0.5, 0.6) is 0 Å². The lowest BCUT2D eigenvalue weighted by Crippen LogP contribution is -2.22. The van der Waals surface area contributed by atoms with E-state index < -0.39 is 0 Å². The molecule has 0 heterocycles. The predicted molar refractivity (Wildman–Crippen MR) is 77.0 cm³/mol. The molecule has 17 heavy (non-hydrogen) atoms. The molecule has 0 fully saturated rings. The average Bonchev–Trinajstić information content (AvgIpc) is 2.38. The highest BCUT2D eigenvalue weighted by Gasteiger charge is 2.11. The molecule has 1 atom stereocenters. The van der Waals surface area contributed by atoms with E-state index in [0.29, 0.717) is 0 Å².